The van der Waals surface area contributed by atoms with Crippen LogP contribution in [-0.2, 0) is 4.79 Å². The zero-order valence-corrected chi connectivity index (χ0v) is 12.6. The molecule has 1 heterocycles. The first-order valence-corrected chi connectivity index (χ1v) is 7.57. The minimum absolute atomic E-state index is 0.0248. The molecule has 0 unspecified atom stereocenters. The van der Waals surface area contributed by atoms with Crippen molar-refractivity contribution in [1.82, 2.24) is 4.90 Å². The van der Waals surface area contributed by atoms with E-state index in [0.717, 1.165) is 25.9 Å². The number of amides is 1. The number of likely N-dealkylation sites (tertiary alicyclic amines) is 1. The quantitative estimate of drug-likeness (QED) is 0.866. The Bertz CT molecular complexity index is 457. The van der Waals surface area contributed by atoms with E-state index in [1.165, 1.54) is 0 Å². The lowest BCUT2D eigenvalue weighted by Gasteiger charge is -2.31. The minimum Gasteiger partial charge on any atom is -0.490 e. The first-order chi connectivity index (χ1) is 10.2. The van der Waals surface area contributed by atoms with Crippen LogP contribution in [0, 0.1) is 5.92 Å². The molecule has 0 bridgehead atoms. The molecule has 1 aromatic rings. The van der Waals surface area contributed by atoms with Gasteiger partial charge in [-0.2, -0.15) is 0 Å². The van der Waals surface area contributed by atoms with Crippen LogP contribution in [0.1, 0.15) is 19.8 Å². The summed E-state index contributed by atoms with van der Waals surface area (Å²) in [5, 5.41) is 0. The fourth-order valence-corrected chi connectivity index (χ4v) is 2.49. The second-order valence-corrected chi connectivity index (χ2v) is 5.23. The van der Waals surface area contributed by atoms with Gasteiger partial charge in [0.05, 0.1) is 6.61 Å². The summed E-state index contributed by atoms with van der Waals surface area (Å²) in [6.45, 7) is 4.80. The van der Waals surface area contributed by atoms with E-state index in [1.807, 2.05) is 36.1 Å². The Kier molecular flexibility index (Phi) is 5.87. The van der Waals surface area contributed by atoms with Crippen molar-refractivity contribution in [3.63, 3.8) is 0 Å². The van der Waals surface area contributed by atoms with Crippen LogP contribution >= 0.6 is 0 Å². The van der Waals surface area contributed by atoms with Crippen molar-refractivity contribution in [2.45, 2.75) is 19.8 Å². The van der Waals surface area contributed by atoms with Crippen molar-refractivity contribution < 1.29 is 14.3 Å². The molecule has 0 spiro atoms. The summed E-state index contributed by atoms with van der Waals surface area (Å²) >= 11 is 0. The van der Waals surface area contributed by atoms with Crippen LogP contribution < -0.4 is 15.2 Å². The van der Waals surface area contributed by atoms with Crippen LogP contribution in [0.4, 0.5) is 0 Å². The zero-order valence-electron chi connectivity index (χ0n) is 12.6. The molecule has 0 atom stereocenters. The molecule has 1 saturated heterocycles. The van der Waals surface area contributed by atoms with Crippen LogP contribution in [0.15, 0.2) is 24.3 Å². The van der Waals surface area contributed by atoms with E-state index in [2.05, 4.69) is 0 Å². The van der Waals surface area contributed by atoms with Crippen LogP contribution in [0.25, 0.3) is 0 Å². The number of ether oxygens (including phenoxy) is 2. The lowest BCUT2D eigenvalue weighted by atomic mass is 9.97. The number of para-hydroxylation sites is 2. The van der Waals surface area contributed by atoms with Gasteiger partial charge in [0.25, 0.3) is 5.91 Å². The molecule has 0 aliphatic carbocycles. The highest BCUT2D eigenvalue weighted by molar-refractivity contribution is 5.78. The van der Waals surface area contributed by atoms with Crippen LogP contribution in [-0.4, -0.2) is 43.7 Å². The molecule has 5 nitrogen and oxygen atoms in total. The molecule has 1 aliphatic rings. The first kappa shape index (κ1) is 15.6. The van der Waals surface area contributed by atoms with Gasteiger partial charge in [-0.15, -0.1) is 0 Å². The van der Waals surface area contributed by atoms with Gasteiger partial charge in [0.15, 0.2) is 18.1 Å². The molecule has 1 fully saturated rings. The van der Waals surface area contributed by atoms with Gasteiger partial charge in [-0.05, 0) is 44.4 Å². The number of nitrogens with two attached hydrogens (primary N) is 1. The smallest absolute Gasteiger partial charge is 0.260 e. The summed E-state index contributed by atoms with van der Waals surface area (Å²) in [5.74, 6) is 1.87. The Balaban J connectivity index is 1.84. The minimum atomic E-state index is 0.0248. The molecule has 2 rings (SSSR count). The Morgan fingerprint density at radius 2 is 1.86 bits per heavy atom. The molecule has 0 radical (unpaired) electrons. The Labute approximate surface area is 126 Å². The van der Waals surface area contributed by atoms with E-state index in [-0.39, 0.29) is 12.5 Å². The molecule has 1 amide bonds. The summed E-state index contributed by atoms with van der Waals surface area (Å²) in [7, 11) is 0. The number of hydrogen-bond acceptors (Lipinski definition) is 4. The summed E-state index contributed by atoms with van der Waals surface area (Å²) in [6.07, 6.45) is 1.97. The summed E-state index contributed by atoms with van der Waals surface area (Å²) < 4.78 is 11.1. The number of rotatable bonds is 6. The number of benzene rings is 1. The second kappa shape index (κ2) is 7.88. The maximum absolute atomic E-state index is 12.2. The van der Waals surface area contributed by atoms with Crippen molar-refractivity contribution in [3.05, 3.63) is 24.3 Å². The van der Waals surface area contributed by atoms with Gasteiger partial charge in [-0.3, -0.25) is 4.79 Å². The third-order valence-corrected chi connectivity index (χ3v) is 3.80. The van der Waals surface area contributed by atoms with Crippen molar-refractivity contribution >= 4 is 5.91 Å². The van der Waals surface area contributed by atoms with Gasteiger partial charge in [-0.1, -0.05) is 12.1 Å². The van der Waals surface area contributed by atoms with Gasteiger partial charge in [0.1, 0.15) is 0 Å². The largest absolute Gasteiger partial charge is 0.490 e. The van der Waals surface area contributed by atoms with Crippen LogP contribution in [0.3, 0.4) is 0 Å². The van der Waals surface area contributed by atoms with Gasteiger partial charge >= 0.3 is 0 Å². The predicted octanol–water partition coefficient (Wildman–Crippen LogP) is 1.66. The van der Waals surface area contributed by atoms with E-state index >= 15 is 0 Å². The second-order valence-electron chi connectivity index (χ2n) is 5.23. The Hall–Kier alpha value is -1.75. The van der Waals surface area contributed by atoms with Gasteiger partial charge in [0.2, 0.25) is 0 Å². The SMILES string of the molecule is CCOc1ccccc1OCC(=O)N1CCC(CN)CC1. The fourth-order valence-electron chi connectivity index (χ4n) is 2.49. The highest BCUT2D eigenvalue weighted by atomic mass is 16.5. The number of carbonyl (C=O) groups excluding carboxylic acids is 1. The normalized spacial score (nSPS) is 15.8. The fraction of sp³-hybridized carbons (Fsp3) is 0.562. The number of piperidine rings is 1. The summed E-state index contributed by atoms with van der Waals surface area (Å²) in [5.41, 5.74) is 5.66. The molecule has 1 aliphatic heterocycles. The van der Waals surface area contributed by atoms with E-state index in [0.29, 0.717) is 30.6 Å². The van der Waals surface area contributed by atoms with Crippen molar-refractivity contribution in [1.29, 1.82) is 0 Å². The van der Waals surface area contributed by atoms with E-state index in [9.17, 15) is 4.79 Å². The first-order valence-electron chi connectivity index (χ1n) is 7.57. The topological polar surface area (TPSA) is 64.8 Å². The molecule has 0 aromatic heterocycles. The number of carbonyl (C=O) groups is 1. The summed E-state index contributed by atoms with van der Waals surface area (Å²) in [4.78, 5) is 14.0. The average molecular weight is 292 g/mol. The highest BCUT2D eigenvalue weighted by Gasteiger charge is 2.22. The molecule has 21 heavy (non-hydrogen) atoms. The number of nitrogens with zero attached hydrogens (tertiary/aromatic N) is 1. The summed E-state index contributed by atoms with van der Waals surface area (Å²) in [6, 6.07) is 7.42. The molecule has 1 aromatic carbocycles. The highest BCUT2D eigenvalue weighted by Crippen LogP contribution is 2.26. The van der Waals surface area contributed by atoms with Gasteiger partial charge in [0, 0.05) is 13.1 Å². The van der Waals surface area contributed by atoms with Crippen molar-refractivity contribution in [2.75, 3.05) is 32.8 Å². The predicted molar refractivity (Wildman–Crippen MR) is 81.5 cm³/mol. The van der Waals surface area contributed by atoms with Gasteiger partial charge in [-0.25, -0.2) is 0 Å². The van der Waals surface area contributed by atoms with E-state index in [4.69, 9.17) is 15.2 Å². The van der Waals surface area contributed by atoms with Crippen LogP contribution in [0.2, 0.25) is 0 Å². The maximum Gasteiger partial charge on any atom is 0.260 e. The molecular weight excluding hydrogens is 268 g/mol. The van der Waals surface area contributed by atoms with Crippen molar-refractivity contribution in [3.8, 4) is 11.5 Å². The standard InChI is InChI=1S/C16H24N2O3/c1-2-20-14-5-3-4-6-15(14)21-12-16(19)18-9-7-13(11-17)8-10-18/h3-6,13H,2,7-12,17H2,1H3. The lowest BCUT2D eigenvalue weighted by Crippen LogP contribution is -2.42. The zero-order chi connectivity index (χ0) is 15.1. The maximum atomic E-state index is 12.2. The van der Waals surface area contributed by atoms with E-state index < -0.39 is 0 Å². The molecular formula is C16H24N2O3. The molecule has 116 valence electrons. The Morgan fingerprint density at radius 1 is 1.24 bits per heavy atom. The third kappa shape index (κ3) is 4.36. The van der Waals surface area contributed by atoms with Gasteiger partial charge < -0.3 is 20.1 Å². The average Bonchev–Trinajstić information content (AvgIpc) is 2.54. The van der Waals surface area contributed by atoms with Crippen molar-refractivity contribution in [2.24, 2.45) is 11.7 Å². The van der Waals surface area contributed by atoms with Crippen LogP contribution in [0.5, 0.6) is 11.5 Å². The Morgan fingerprint density at radius 3 is 2.43 bits per heavy atom. The number of hydrogen-bond donors (Lipinski definition) is 1. The van der Waals surface area contributed by atoms with E-state index in [1.54, 1.807) is 0 Å². The monoisotopic (exact) mass is 292 g/mol. The molecule has 0 saturated carbocycles. The lowest BCUT2D eigenvalue weighted by molar-refractivity contribution is -0.134. The molecule has 5 heteroatoms. The third-order valence-electron chi connectivity index (χ3n) is 3.80. The molecule has 2 N–H and O–H groups in total.